The fourth-order valence-electron chi connectivity index (χ4n) is 1.95. The highest BCUT2D eigenvalue weighted by molar-refractivity contribution is 6.15. The summed E-state index contributed by atoms with van der Waals surface area (Å²) >= 11 is 0. The van der Waals surface area contributed by atoms with Crippen LogP contribution >= 0.6 is 0 Å². The Bertz CT molecular complexity index is 539. The van der Waals surface area contributed by atoms with Gasteiger partial charge in [0.1, 0.15) is 6.04 Å². The van der Waals surface area contributed by atoms with E-state index in [0.717, 1.165) is 17.1 Å². The van der Waals surface area contributed by atoms with Crippen molar-refractivity contribution in [3.63, 3.8) is 0 Å². The predicted octanol–water partition coefficient (Wildman–Crippen LogP) is -1.60. The van der Waals surface area contributed by atoms with Crippen molar-refractivity contribution in [2.75, 3.05) is 6.54 Å². The lowest BCUT2D eigenvalue weighted by Gasteiger charge is -2.24. The van der Waals surface area contributed by atoms with Crippen molar-refractivity contribution >= 4 is 29.5 Å². The van der Waals surface area contributed by atoms with Crippen LogP contribution in [0.25, 0.3) is 0 Å². The Balaban J connectivity index is 2.41. The number of nitrogens with zero attached hydrogens (tertiary/aromatic N) is 1. The maximum absolute atomic E-state index is 12.0. The Labute approximate surface area is 133 Å². The SMILES string of the molecule is CC(=O)NCCC(=O)NC(C)NC(=O)C(C)N1C(=O)C=CC1=O. The molecule has 0 saturated carbocycles. The predicted molar refractivity (Wildman–Crippen MR) is 79.5 cm³/mol. The van der Waals surface area contributed by atoms with Crippen LogP contribution < -0.4 is 16.0 Å². The lowest BCUT2D eigenvalue weighted by atomic mass is 10.2. The first-order valence-electron chi connectivity index (χ1n) is 7.11. The van der Waals surface area contributed by atoms with Gasteiger partial charge in [-0.25, -0.2) is 0 Å². The summed E-state index contributed by atoms with van der Waals surface area (Å²) in [4.78, 5) is 58.1. The van der Waals surface area contributed by atoms with Crippen LogP contribution in [-0.2, 0) is 24.0 Å². The van der Waals surface area contributed by atoms with Crippen molar-refractivity contribution in [2.24, 2.45) is 0 Å². The molecule has 0 aromatic rings. The molecule has 0 bridgehead atoms. The molecule has 0 saturated heterocycles. The van der Waals surface area contributed by atoms with E-state index < -0.39 is 29.9 Å². The standard InChI is InChI=1S/C14H20N4O5/c1-8(18-12(21)4-5-13(18)22)14(23)17-9(2)16-11(20)6-7-15-10(3)19/h4-5,8-9H,6-7H2,1-3H3,(H,15,19)(H,16,20)(H,17,23). The van der Waals surface area contributed by atoms with Gasteiger partial charge in [-0.15, -0.1) is 0 Å². The molecule has 5 amide bonds. The maximum atomic E-state index is 12.0. The zero-order valence-corrected chi connectivity index (χ0v) is 13.2. The van der Waals surface area contributed by atoms with E-state index >= 15 is 0 Å². The van der Waals surface area contributed by atoms with Crippen molar-refractivity contribution in [1.29, 1.82) is 0 Å². The van der Waals surface area contributed by atoms with E-state index in [0.29, 0.717) is 0 Å². The molecule has 1 aliphatic heterocycles. The quantitative estimate of drug-likeness (QED) is 0.384. The fraction of sp³-hybridized carbons (Fsp3) is 0.500. The Morgan fingerprint density at radius 3 is 2.17 bits per heavy atom. The lowest BCUT2D eigenvalue weighted by molar-refractivity contribution is -0.145. The topological polar surface area (TPSA) is 125 Å². The maximum Gasteiger partial charge on any atom is 0.254 e. The first kappa shape index (κ1) is 18.3. The highest BCUT2D eigenvalue weighted by atomic mass is 16.2. The number of hydrogen-bond donors (Lipinski definition) is 3. The molecular formula is C14H20N4O5. The highest BCUT2D eigenvalue weighted by Crippen LogP contribution is 2.09. The molecule has 0 radical (unpaired) electrons. The lowest BCUT2D eigenvalue weighted by Crippen LogP contribution is -2.54. The molecule has 0 spiro atoms. The van der Waals surface area contributed by atoms with Crippen LogP contribution in [0.15, 0.2) is 12.2 Å². The molecular weight excluding hydrogens is 304 g/mol. The highest BCUT2D eigenvalue weighted by Gasteiger charge is 2.33. The van der Waals surface area contributed by atoms with E-state index in [4.69, 9.17) is 0 Å². The van der Waals surface area contributed by atoms with Gasteiger partial charge in [-0.05, 0) is 13.8 Å². The largest absolute Gasteiger partial charge is 0.356 e. The Kier molecular flexibility index (Phi) is 6.43. The van der Waals surface area contributed by atoms with Gasteiger partial charge >= 0.3 is 0 Å². The van der Waals surface area contributed by atoms with Crippen molar-refractivity contribution in [2.45, 2.75) is 39.4 Å². The first-order chi connectivity index (χ1) is 10.7. The number of imide groups is 1. The normalized spacial score (nSPS) is 16.0. The fourth-order valence-corrected chi connectivity index (χ4v) is 1.95. The summed E-state index contributed by atoms with van der Waals surface area (Å²) in [5.41, 5.74) is 0. The summed E-state index contributed by atoms with van der Waals surface area (Å²) in [6.07, 6.45) is 1.58. The molecule has 1 aliphatic rings. The smallest absolute Gasteiger partial charge is 0.254 e. The Morgan fingerprint density at radius 1 is 1.09 bits per heavy atom. The third-order valence-electron chi connectivity index (χ3n) is 3.07. The van der Waals surface area contributed by atoms with E-state index in [2.05, 4.69) is 16.0 Å². The molecule has 2 unspecified atom stereocenters. The monoisotopic (exact) mass is 324 g/mol. The minimum Gasteiger partial charge on any atom is -0.356 e. The van der Waals surface area contributed by atoms with E-state index in [-0.39, 0.29) is 24.8 Å². The first-order valence-corrected chi connectivity index (χ1v) is 7.11. The van der Waals surface area contributed by atoms with Crippen LogP contribution in [0.5, 0.6) is 0 Å². The number of carbonyl (C=O) groups excluding carboxylic acids is 5. The molecule has 9 nitrogen and oxygen atoms in total. The zero-order valence-electron chi connectivity index (χ0n) is 13.2. The van der Waals surface area contributed by atoms with Gasteiger partial charge in [-0.1, -0.05) is 0 Å². The molecule has 126 valence electrons. The molecule has 0 aliphatic carbocycles. The molecule has 0 aromatic heterocycles. The minimum atomic E-state index is -0.983. The van der Waals surface area contributed by atoms with Gasteiger partial charge < -0.3 is 16.0 Å². The van der Waals surface area contributed by atoms with Crippen LogP contribution in [0.2, 0.25) is 0 Å². The number of carbonyl (C=O) groups is 5. The van der Waals surface area contributed by atoms with E-state index in [1.807, 2.05) is 0 Å². The van der Waals surface area contributed by atoms with Crippen molar-refractivity contribution in [3.8, 4) is 0 Å². The second kappa shape index (κ2) is 8.06. The number of nitrogens with one attached hydrogen (secondary N) is 3. The van der Waals surface area contributed by atoms with Crippen molar-refractivity contribution in [1.82, 2.24) is 20.9 Å². The average Bonchev–Trinajstić information content (AvgIpc) is 2.76. The van der Waals surface area contributed by atoms with E-state index in [1.165, 1.54) is 13.8 Å². The molecule has 0 fully saturated rings. The van der Waals surface area contributed by atoms with Gasteiger partial charge in [0.15, 0.2) is 0 Å². The molecule has 2 atom stereocenters. The van der Waals surface area contributed by atoms with Crippen LogP contribution in [-0.4, -0.2) is 53.2 Å². The summed E-state index contributed by atoms with van der Waals surface area (Å²) in [5, 5.41) is 7.50. The van der Waals surface area contributed by atoms with Gasteiger partial charge in [-0.3, -0.25) is 28.9 Å². The minimum absolute atomic E-state index is 0.0718. The molecule has 0 aromatic carbocycles. The molecule has 3 N–H and O–H groups in total. The van der Waals surface area contributed by atoms with Gasteiger partial charge in [0.2, 0.25) is 17.7 Å². The van der Waals surface area contributed by atoms with Crippen LogP contribution in [0.3, 0.4) is 0 Å². The number of hydrogen-bond acceptors (Lipinski definition) is 5. The van der Waals surface area contributed by atoms with Gasteiger partial charge in [0, 0.05) is 32.0 Å². The summed E-state index contributed by atoms with van der Waals surface area (Å²) in [6, 6.07) is -0.983. The third kappa shape index (κ3) is 5.53. The van der Waals surface area contributed by atoms with Gasteiger partial charge in [0.05, 0.1) is 6.17 Å². The van der Waals surface area contributed by atoms with Gasteiger partial charge in [-0.2, -0.15) is 0 Å². The zero-order chi connectivity index (χ0) is 17.6. The average molecular weight is 324 g/mol. The third-order valence-corrected chi connectivity index (χ3v) is 3.07. The van der Waals surface area contributed by atoms with E-state index in [9.17, 15) is 24.0 Å². The van der Waals surface area contributed by atoms with Crippen LogP contribution in [0, 0.1) is 0 Å². The second-order valence-corrected chi connectivity index (χ2v) is 5.09. The van der Waals surface area contributed by atoms with Crippen molar-refractivity contribution < 1.29 is 24.0 Å². The Morgan fingerprint density at radius 2 is 1.65 bits per heavy atom. The van der Waals surface area contributed by atoms with Crippen LogP contribution in [0.4, 0.5) is 0 Å². The number of rotatable bonds is 7. The summed E-state index contributed by atoms with van der Waals surface area (Å²) in [6.45, 7) is 4.51. The second-order valence-electron chi connectivity index (χ2n) is 5.09. The van der Waals surface area contributed by atoms with Crippen molar-refractivity contribution in [3.05, 3.63) is 12.2 Å². The molecule has 1 heterocycles. The summed E-state index contributed by atoms with van der Waals surface area (Å²) < 4.78 is 0. The van der Waals surface area contributed by atoms with Gasteiger partial charge in [0.25, 0.3) is 11.8 Å². The summed E-state index contributed by atoms with van der Waals surface area (Å²) in [7, 11) is 0. The molecule has 1 rings (SSSR count). The van der Waals surface area contributed by atoms with E-state index in [1.54, 1.807) is 6.92 Å². The Hall–Kier alpha value is -2.71. The summed E-state index contributed by atoms with van der Waals surface area (Å²) in [5.74, 6) is -2.25. The van der Waals surface area contributed by atoms with Crippen LogP contribution in [0.1, 0.15) is 27.2 Å². The molecule has 23 heavy (non-hydrogen) atoms. The number of amides is 5. The molecule has 9 heteroatoms.